The summed E-state index contributed by atoms with van der Waals surface area (Å²) in [6, 6.07) is 6.70. The number of thiocarbonyl (C=S) groups is 1. The van der Waals surface area contributed by atoms with Crippen LogP contribution in [0.5, 0.6) is 0 Å². The summed E-state index contributed by atoms with van der Waals surface area (Å²) in [6.45, 7) is 0.771. The molecule has 2 N–H and O–H groups in total. The summed E-state index contributed by atoms with van der Waals surface area (Å²) in [5, 5.41) is 7.03. The summed E-state index contributed by atoms with van der Waals surface area (Å²) in [5.41, 5.74) is 1.06. The fraction of sp³-hybridized carbons (Fsp3) is 0.462. The lowest BCUT2D eigenvalue weighted by atomic mass is 9.85. The van der Waals surface area contributed by atoms with E-state index in [-0.39, 0.29) is 18.1 Å². The summed E-state index contributed by atoms with van der Waals surface area (Å²) >= 11 is 5.20. The van der Waals surface area contributed by atoms with E-state index < -0.39 is 0 Å². The molecule has 0 bridgehead atoms. The van der Waals surface area contributed by atoms with Crippen LogP contribution in [0.3, 0.4) is 0 Å². The highest BCUT2D eigenvalue weighted by Gasteiger charge is 2.38. The zero-order valence-electron chi connectivity index (χ0n) is 9.86. The van der Waals surface area contributed by atoms with E-state index in [4.69, 9.17) is 17.0 Å². The quantitative estimate of drug-likeness (QED) is 0.763. The summed E-state index contributed by atoms with van der Waals surface area (Å²) < 4.78 is 18.7. The Morgan fingerprint density at radius 2 is 2.00 bits per heavy atom. The van der Waals surface area contributed by atoms with Gasteiger partial charge in [-0.05, 0) is 42.8 Å². The van der Waals surface area contributed by atoms with Crippen molar-refractivity contribution in [1.82, 2.24) is 10.6 Å². The van der Waals surface area contributed by atoms with Gasteiger partial charge in [-0.3, -0.25) is 0 Å². The third-order valence-corrected chi connectivity index (χ3v) is 3.82. The van der Waals surface area contributed by atoms with Crippen molar-refractivity contribution in [3.05, 3.63) is 35.6 Å². The molecule has 96 valence electrons. The van der Waals surface area contributed by atoms with Crippen LogP contribution in [0.1, 0.15) is 24.4 Å². The smallest absolute Gasteiger partial charge is 0.168 e. The van der Waals surface area contributed by atoms with Gasteiger partial charge < -0.3 is 15.4 Å². The molecular formula is C13H15FN2OS. The molecule has 2 fully saturated rings. The Morgan fingerprint density at radius 1 is 1.22 bits per heavy atom. The topological polar surface area (TPSA) is 33.3 Å². The number of halogens is 1. The van der Waals surface area contributed by atoms with Crippen LogP contribution in [0.2, 0.25) is 0 Å². The lowest BCUT2D eigenvalue weighted by molar-refractivity contribution is -0.0536. The van der Waals surface area contributed by atoms with Gasteiger partial charge >= 0.3 is 0 Å². The molecule has 0 radical (unpaired) electrons. The second-order valence-corrected chi connectivity index (χ2v) is 5.15. The monoisotopic (exact) mass is 266 g/mol. The minimum absolute atomic E-state index is 0.0254. The predicted molar refractivity (Wildman–Crippen MR) is 70.5 cm³/mol. The maximum absolute atomic E-state index is 13.0. The molecule has 3 rings (SSSR count). The molecule has 3 nitrogen and oxygen atoms in total. The first kappa shape index (κ1) is 11.9. The Hall–Kier alpha value is -1.20. The fourth-order valence-electron chi connectivity index (χ4n) is 2.71. The maximum atomic E-state index is 13.0. The molecule has 0 aromatic heterocycles. The molecule has 5 heteroatoms. The number of rotatable bonds is 1. The first-order valence-electron chi connectivity index (χ1n) is 6.18. The van der Waals surface area contributed by atoms with Crippen LogP contribution >= 0.6 is 12.2 Å². The van der Waals surface area contributed by atoms with E-state index in [1.807, 2.05) is 12.1 Å². The average Bonchev–Trinajstić information content (AvgIpc) is 2.38. The van der Waals surface area contributed by atoms with E-state index in [9.17, 15) is 4.39 Å². The summed E-state index contributed by atoms with van der Waals surface area (Å²) in [7, 11) is 0. The van der Waals surface area contributed by atoms with E-state index in [0.717, 1.165) is 25.0 Å². The largest absolute Gasteiger partial charge is 0.358 e. The molecule has 3 atom stereocenters. The first-order chi connectivity index (χ1) is 8.74. The lowest BCUT2D eigenvalue weighted by Crippen LogP contribution is -2.58. The number of hydrogen-bond acceptors (Lipinski definition) is 2. The highest BCUT2D eigenvalue weighted by Crippen LogP contribution is 2.34. The molecule has 2 heterocycles. The van der Waals surface area contributed by atoms with Gasteiger partial charge in [-0.1, -0.05) is 12.1 Å². The van der Waals surface area contributed by atoms with Gasteiger partial charge in [0, 0.05) is 12.5 Å². The van der Waals surface area contributed by atoms with Crippen LogP contribution in [0.15, 0.2) is 24.3 Å². The van der Waals surface area contributed by atoms with Crippen LogP contribution in [0, 0.1) is 11.7 Å². The van der Waals surface area contributed by atoms with Crippen LogP contribution in [-0.2, 0) is 4.74 Å². The Balaban J connectivity index is 1.88. The van der Waals surface area contributed by atoms with Gasteiger partial charge in [-0.2, -0.15) is 0 Å². The van der Waals surface area contributed by atoms with Gasteiger partial charge in [0.05, 0.1) is 6.04 Å². The maximum Gasteiger partial charge on any atom is 0.168 e. The zero-order valence-corrected chi connectivity index (χ0v) is 10.7. The number of hydrogen-bond donors (Lipinski definition) is 2. The molecule has 2 aliphatic heterocycles. The molecule has 18 heavy (non-hydrogen) atoms. The Bertz CT molecular complexity index is 451. The van der Waals surface area contributed by atoms with Crippen molar-refractivity contribution in [3.63, 3.8) is 0 Å². The molecule has 1 aromatic carbocycles. The van der Waals surface area contributed by atoms with Crippen LogP contribution in [0.4, 0.5) is 4.39 Å². The van der Waals surface area contributed by atoms with E-state index in [1.54, 1.807) is 0 Å². The van der Waals surface area contributed by atoms with Crippen LogP contribution in [0.25, 0.3) is 0 Å². The van der Waals surface area contributed by atoms with Crippen molar-refractivity contribution in [2.24, 2.45) is 5.92 Å². The molecule has 1 aromatic rings. The van der Waals surface area contributed by atoms with Gasteiger partial charge in [0.2, 0.25) is 0 Å². The van der Waals surface area contributed by atoms with Crippen LogP contribution in [-0.4, -0.2) is 17.9 Å². The van der Waals surface area contributed by atoms with Crippen molar-refractivity contribution < 1.29 is 9.13 Å². The average molecular weight is 266 g/mol. The molecule has 3 unspecified atom stereocenters. The fourth-order valence-corrected chi connectivity index (χ4v) is 2.96. The molecule has 0 aliphatic carbocycles. The first-order valence-corrected chi connectivity index (χ1v) is 6.59. The van der Waals surface area contributed by atoms with E-state index in [2.05, 4.69) is 10.6 Å². The SMILES string of the molecule is Fc1ccc(C2NC(=S)NC3OCCCC32)cc1. The summed E-state index contributed by atoms with van der Waals surface area (Å²) in [4.78, 5) is 0. The van der Waals surface area contributed by atoms with E-state index in [0.29, 0.717) is 11.0 Å². The highest BCUT2D eigenvalue weighted by molar-refractivity contribution is 7.80. The number of fused-ring (bicyclic) bond motifs is 1. The number of nitrogens with one attached hydrogen (secondary N) is 2. The van der Waals surface area contributed by atoms with Gasteiger partial charge in [-0.25, -0.2) is 4.39 Å². The normalized spacial score (nSPS) is 31.2. The summed E-state index contributed by atoms with van der Waals surface area (Å²) in [6.07, 6.45) is 2.10. The molecule has 0 saturated carbocycles. The summed E-state index contributed by atoms with van der Waals surface area (Å²) in [5.74, 6) is 0.114. The standard InChI is InChI=1S/C13H15FN2OS/c14-9-5-3-8(4-6-9)11-10-2-1-7-17-12(10)16-13(18)15-11/h3-6,10-12H,1-2,7H2,(H2,15,16,18). The minimum Gasteiger partial charge on any atom is -0.358 e. The van der Waals surface area contributed by atoms with Crippen molar-refractivity contribution in [3.8, 4) is 0 Å². The lowest BCUT2D eigenvalue weighted by Gasteiger charge is -2.43. The predicted octanol–water partition coefficient (Wildman–Crippen LogP) is 2.10. The zero-order chi connectivity index (χ0) is 12.5. The van der Waals surface area contributed by atoms with Crippen molar-refractivity contribution >= 4 is 17.3 Å². The number of ether oxygens (including phenoxy) is 1. The minimum atomic E-state index is -0.216. The van der Waals surface area contributed by atoms with Gasteiger partial charge in [0.1, 0.15) is 12.0 Å². The second kappa shape index (κ2) is 4.82. The van der Waals surface area contributed by atoms with Crippen LogP contribution < -0.4 is 10.6 Å². The third-order valence-electron chi connectivity index (χ3n) is 3.59. The van der Waals surface area contributed by atoms with E-state index >= 15 is 0 Å². The van der Waals surface area contributed by atoms with Crippen molar-refractivity contribution in [2.75, 3.05) is 6.61 Å². The van der Waals surface area contributed by atoms with Gasteiger partial charge in [-0.15, -0.1) is 0 Å². The highest BCUT2D eigenvalue weighted by atomic mass is 32.1. The molecule has 2 aliphatic rings. The number of benzene rings is 1. The van der Waals surface area contributed by atoms with Gasteiger partial charge in [0.15, 0.2) is 5.11 Å². The van der Waals surface area contributed by atoms with Crippen molar-refractivity contribution in [2.45, 2.75) is 25.1 Å². The Kier molecular flexibility index (Phi) is 3.18. The Labute approximate surface area is 111 Å². The third kappa shape index (κ3) is 2.20. The molecule has 2 saturated heterocycles. The second-order valence-electron chi connectivity index (χ2n) is 4.74. The Morgan fingerprint density at radius 3 is 2.78 bits per heavy atom. The van der Waals surface area contributed by atoms with Crippen molar-refractivity contribution in [1.29, 1.82) is 0 Å². The van der Waals surface area contributed by atoms with Gasteiger partial charge in [0.25, 0.3) is 0 Å². The molecule has 0 spiro atoms. The van der Waals surface area contributed by atoms with E-state index in [1.165, 1.54) is 12.1 Å². The molecule has 0 amide bonds. The molecular weight excluding hydrogens is 251 g/mol.